The van der Waals surface area contributed by atoms with Gasteiger partial charge in [-0.05, 0) is 12.8 Å². The molecule has 0 aromatic carbocycles. The molecule has 1 N–H and O–H groups in total. The molecule has 1 heterocycles. The average Bonchev–Trinajstić information content (AvgIpc) is 2.63. The second kappa shape index (κ2) is 6.12. The summed E-state index contributed by atoms with van der Waals surface area (Å²) in [6.07, 6.45) is 7.59. The predicted molar refractivity (Wildman–Crippen MR) is 50.7 cm³/mol. The Morgan fingerprint density at radius 2 is 2.07 bits per heavy atom. The van der Waals surface area contributed by atoms with Crippen LogP contribution < -0.4 is 0 Å². The van der Waals surface area contributed by atoms with Crippen LogP contribution in [-0.4, -0.2) is 26.1 Å². The highest BCUT2D eigenvalue weighted by Gasteiger charge is 1.96. The Kier molecular flexibility index (Phi) is 4.68. The lowest BCUT2D eigenvalue weighted by molar-refractivity contribution is -0.137. The zero-order valence-corrected chi connectivity index (χ0v) is 8.09. The number of aryl methyl sites for hydroxylation is 1. The number of carbonyl (C=O) groups is 1. The molecule has 1 rings (SSSR count). The van der Waals surface area contributed by atoms with Gasteiger partial charge in [0, 0.05) is 19.2 Å². The van der Waals surface area contributed by atoms with Crippen molar-refractivity contribution in [2.45, 2.75) is 38.6 Å². The van der Waals surface area contributed by atoms with Gasteiger partial charge in [0.05, 0.1) is 6.20 Å². The summed E-state index contributed by atoms with van der Waals surface area (Å²) in [6.45, 7) is 0.868. The molecule has 5 heteroatoms. The molecule has 1 aromatic rings. The van der Waals surface area contributed by atoms with Gasteiger partial charge >= 0.3 is 5.97 Å². The van der Waals surface area contributed by atoms with Crippen LogP contribution in [0.5, 0.6) is 0 Å². The van der Waals surface area contributed by atoms with Crippen molar-refractivity contribution >= 4 is 5.97 Å². The maximum Gasteiger partial charge on any atom is 0.303 e. The first-order valence-electron chi connectivity index (χ1n) is 4.85. The number of carboxylic acids is 1. The molecule has 0 aliphatic heterocycles. The van der Waals surface area contributed by atoms with Crippen LogP contribution in [0, 0.1) is 0 Å². The van der Waals surface area contributed by atoms with E-state index < -0.39 is 5.97 Å². The van der Waals surface area contributed by atoms with Crippen molar-refractivity contribution < 1.29 is 9.90 Å². The van der Waals surface area contributed by atoms with Gasteiger partial charge < -0.3 is 5.11 Å². The molecular formula is C9H15N3O2. The highest BCUT2D eigenvalue weighted by molar-refractivity contribution is 5.66. The lowest BCUT2D eigenvalue weighted by Crippen LogP contribution is -1.99. The summed E-state index contributed by atoms with van der Waals surface area (Å²) < 4.78 is 1.79. The Morgan fingerprint density at radius 3 is 2.71 bits per heavy atom. The van der Waals surface area contributed by atoms with Crippen molar-refractivity contribution in [3.8, 4) is 0 Å². The van der Waals surface area contributed by atoms with Crippen molar-refractivity contribution in [2.75, 3.05) is 0 Å². The maximum absolute atomic E-state index is 10.2. The van der Waals surface area contributed by atoms with E-state index in [1.165, 1.54) is 0 Å². The van der Waals surface area contributed by atoms with Crippen LogP contribution in [0.4, 0.5) is 0 Å². The molecular weight excluding hydrogens is 182 g/mol. The van der Waals surface area contributed by atoms with E-state index in [1.807, 2.05) is 6.20 Å². The molecule has 0 saturated carbocycles. The van der Waals surface area contributed by atoms with E-state index in [2.05, 4.69) is 10.3 Å². The monoisotopic (exact) mass is 197 g/mol. The van der Waals surface area contributed by atoms with Gasteiger partial charge in [0.1, 0.15) is 0 Å². The topological polar surface area (TPSA) is 68.0 Å². The standard InChI is InChI=1S/C9H15N3O2/c13-9(14)5-3-1-2-4-7-12-8-6-10-11-12/h6,8H,1-5,7H2,(H,13,14). The first kappa shape index (κ1) is 10.7. The average molecular weight is 197 g/mol. The molecule has 0 atom stereocenters. The van der Waals surface area contributed by atoms with Crippen molar-refractivity contribution in [2.24, 2.45) is 0 Å². The second-order valence-corrected chi connectivity index (χ2v) is 3.22. The van der Waals surface area contributed by atoms with Crippen LogP contribution in [0.3, 0.4) is 0 Å². The zero-order valence-electron chi connectivity index (χ0n) is 8.09. The highest BCUT2D eigenvalue weighted by Crippen LogP contribution is 2.03. The number of hydrogen-bond acceptors (Lipinski definition) is 3. The van der Waals surface area contributed by atoms with E-state index in [9.17, 15) is 4.79 Å². The fourth-order valence-corrected chi connectivity index (χ4v) is 1.26. The van der Waals surface area contributed by atoms with Crippen molar-refractivity contribution in [1.82, 2.24) is 15.0 Å². The summed E-state index contributed by atoms with van der Waals surface area (Å²) in [5.41, 5.74) is 0. The van der Waals surface area contributed by atoms with Gasteiger partial charge in [-0.3, -0.25) is 9.48 Å². The van der Waals surface area contributed by atoms with Crippen LogP contribution in [0.15, 0.2) is 12.4 Å². The predicted octanol–water partition coefficient (Wildman–Crippen LogP) is 1.31. The van der Waals surface area contributed by atoms with E-state index in [0.717, 1.165) is 32.2 Å². The van der Waals surface area contributed by atoms with E-state index in [4.69, 9.17) is 5.11 Å². The number of aromatic nitrogens is 3. The molecule has 78 valence electrons. The van der Waals surface area contributed by atoms with Crippen LogP contribution in [0.25, 0.3) is 0 Å². The Hall–Kier alpha value is -1.39. The number of carboxylic acid groups (broad SMARTS) is 1. The molecule has 5 nitrogen and oxygen atoms in total. The van der Waals surface area contributed by atoms with Crippen LogP contribution in [-0.2, 0) is 11.3 Å². The molecule has 14 heavy (non-hydrogen) atoms. The van der Waals surface area contributed by atoms with Gasteiger partial charge in [-0.15, -0.1) is 5.10 Å². The maximum atomic E-state index is 10.2. The summed E-state index contributed by atoms with van der Waals surface area (Å²) in [4.78, 5) is 10.2. The summed E-state index contributed by atoms with van der Waals surface area (Å²) >= 11 is 0. The Balaban J connectivity index is 1.92. The summed E-state index contributed by atoms with van der Waals surface area (Å²) in [5, 5.41) is 15.9. The van der Waals surface area contributed by atoms with Crippen molar-refractivity contribution in [3.05, 3.63) is 12.4 Å². The van der Waals surface area contributed by atoms with Crippen molar-refractivity contribution in [1.29, 1.82) is 0 Å². The number of rotatable bonds is 7. The minimum absolute atomic E-state index is 0.281. The Bertz CT molecular complexity index is 259. The van der Waals surface area contributed by atoms with Gasteiger partial charge in [-0.2, -0.15) is 0 Å². The first-order chi connectivity index (χ1) is 6.79. The third-order valence-electron chi connectivity index (χ3n) is 2.00. The molecule has 0 saturated heterocycles. The third-order valence-corrected chi connectivity index (χ3v) is 2.00. The van der Waals surface area contributed by atoms with E-state index in [1.54, 1.807) is 10.9 Å². The van der Waals surface area contributed by atoms with Gasteiger partial charge in [-0.25, -0.2) is 0 Å². The van der Waals surface area contributed by atoms with E-state index >= 15 is 0 Å². The Labute approximate surface area is 82.7 Å². The number of nitrogens with zero attached hydrogens (tertiary/aromatic N) is 3. The van der Waals surface area contributed by atoms with E-state index in [-0.39, 0.29) is 6.42 Å². The molecule has 1 aromatic heterocycles. The molecule has 0 radical (unpaired) electrons. The minimum atomic E-state index is -0.707. The molecule has 0 unspecified atom stereocenters. The van der Waals surface area contributed by atoms with Gasteiger partial charge in [0.2, 0.25) is 0 Å². The lowest BCUT2D eigenvalue weighted by atomic mass is 10.1. The largest absolute Gasteiger partial charge is 0.481 e. The van der Waals surface area contributed by atoms with Gasteiger partial charge in [-0.1, -0.05) is 18.1 Å². The fraction of sp³-hybridized carbons (Fsp3) is 0.667. The Morgan fingerprint density at radius 1 is 1.29 bits per heavy atom. The van der Waals surface area contributed by atoms with Crippen LogP contribution in [0.1, 0.15) is 32.1 Å². The number of unbranched alkanes of at least 4 members (excludes halogenated alkanes) is 3. The molecule has 0 amide bonds. The molecule has 0 fully saturated rings. The van der Waals surface area contributed by atoms with E-state index in [0.29, 0.717) is 0 Å². The normalized spacial score (nSPS) is 10.3. The number of hydrogen-bond donors (Lipinski definition) is 1. The molecule has 0 aliphatic carbocycles. The quantitative estimate of drug-likeness (QED) is 0.669. The molecule has 0 spiro atoms. The lowest BCUT2D eigenvalue weighted by Gasteiger charge is -1.99. The minimum Gasteiger partial charge on any atom is -0.481 e. The zero-order chi connectivity index (χ0) is 10.2. The second-order valence-electron chi connectivity index (χ2n) is 3.22. The summed E-state index contributed by atoms with van der Waals surface area (Å²) in [7, 11) is 0. The smallest absolute Gasteiger partial charge is 0.303 e. The summed E-state index contributed by atoms with van der Waals surface area (Å²) in [5.74, 6) is -0.707. The number of aliphatic carboxylic acids is 1. The van der Waals surface area contributed by atoms with Crippen LogP contribution in [0.2, 0.25) is 0 Å². The fourth-order valence-electron chi connectivity index (χ4n) is 1.26. The SMILES string of the molecule is O=C(O)CCCCCCn1ccnn1. The highest BCUT2D eigenvalue weighted by atomic mass is 16.4. The van der Waals surface area contributed by atoms with Gasteiger partial charge in [0.25, 0.3) is 0 Å². The molecule has 0 bridgehead atoms. The third kappa shape index (κ3) is 4.59. The van der Waals surface area contributed by atoms with Crippen LogP contribution >= 0.6 is 0 Å². The summed E-state index contributed by atoms with van der Waals surface area (Å²) in [6, 6.07) is 0. The molecule has 0 aliphatic rings. The van der Waals surface area contributed by atoms with Crippen molar-refractivity contribution in [3.63, 3.8) is 0 Å². The first-order valence-corrected chi connectivity index (χ1v) is 4.85. The van der Waals surface area contributed by atoms with Gasteiger partial charge in [0.15, 0.2) is 0 Å².